The second-order valence-corrected chi connectivity index (χ2v) is 5.89. The van der Waals surface area contributed by atoms with Gasteiger partial charge in [-0.2, -0.15) is 0 Å². The summed E-state index contributed by atoms with van der Waals surface area (Å²) in [5, 5.41) is 20.9. The molecule has 0 bridgehead atoms. The van der Waals surface area contributed by atoms with Crippen molar-refractivity contribution in [3.05, 3.63) is 76.3 Å². The highest BCUT2D eigenvalue weighted by atomic mass is 35.5. The van der Waals surface area contributed by atoms with Crippen LogP contribution >= 0.6 is 11.6 Å². The first kappa shape index (κ1) is 15.4. The fourth-order valence-electron chi connectivity index (χ4n) is 2.62. The smallest absolute Gasteiger partial charge is 0.337 e. The Morgan fingerprint density at radius 1 is 0.870 bits per heavy atom. The monoisotopic (exact) mass is 326 g/mol. The van der Waals surface area contributed by atoms with Crippen molar-refractivity contribution < 1.29 is 15.0 Å². The summed E-state index contributed by atoms with van der Waals surface area (Å²) in [6.45, 7) is 0. The number of aryl methyl sites for hydroxylation is 2. The van der Waals surface area contributed by atoms with Crippen LogP contribution in [0.4, 0.5) is 0 Å². The summed E-state index contributed by atoms with van der Waals surface area (Å²) in [4.78, 5) is 11.1. The number of carbonyl (C=O) groups is 1. The highest BCUT2D eigenvalue weighted by Gasteiger charge is 2.09. The average molecular weight is 327 g/mol. The number of aromatic hydroxyl groups is 1. The van der Waals surface area contributed by atoms with Crippen LogP contribution in [0.2, 0.25) is 5.02 Å². The molecule has 0 spiro atoms. The summed E-state index contributed by atoms with van der Waals surface area (Å²) in [7, 11) is 0. The van der Waals surface area contributed by atoms with Gasteiger partial charge in [0.25, 0.3) is 0 Å². The number of hydrogen-bond acceptors (Lipinski definition) is 2. The first-order valence-electron chi connectivity index (χ1n) is 7.26. The van der Waals surface area contributed by atoms with Crippen LogP contribution in [0.1, 0.15) is 21.5 Å². The summed E-state index contributed by atoms with van der Waals surface area (Å²) in [5.74, 6) is -0.755. The number of carboxylic acids is 1. The average Bonchev–Trinajstić information content (AvgIpc) is 2.53. The van der Waals surface area contributed by atoms with Crippen molar-refractivity contribution in [2.75, 3.05) is 0 Å². The number of halogens is 1. The number of phenolic OH excluding ortho intramolecular Hbond substituents is 1. The molecular formula is C19H15ClO3. The zero-order valence-corrected chi connectivity index (χ0v) is 13.0. The number of rotatable bonds is 4. The van der Waals surface area contributed by atoms with Gasteiger partial charge in [-0.05, 0) is 59.0 Å². The molecule has 0 saturated carbocycles. The Hall–Kier alpha value is -2.52. The molecule has 0 aliphatic rings. The predicted octanol–water partition coefficient (Wildman–Crippen LogP) is 4.68. The molecular weight excluding hydrogens is 312 g/mol. The zero-order chi connectivity index (χ0) is 16.4. The van der Waals surface area contributed by atoms with E-state index in [-0.39, 0.29) is 16.3 Å². The largest absolute Gasteiger partial charge is 0.508 e. The third-order valence-electron chi connectivity index (χ3n) is 3.85. The number of carboxylic acid groups (broad SMARTS) is 1. The van der Waals surface area contributed by atoms with Gasteiger partial charge < -0.3 is 10.2 Å². The molecule has 0 unspecified atom stereocenters. The van der Waals surface area contributed by atoms with Gasteiger partial charge in [0, 0.05) is 0 Å². The highest BCUT2D eigenvalue weighted by molar-refractivity contribution is 6.33. The molecule has 0 aliphatic heterocycles. The van der Waals surface area contributed by atoms with E-state index >= 15 is 0 Å². The first-order valence-corrected chi connectivity index (χ1v) is 7.64. The summed E-state index contributed by atoms with van der Waals surface area (Å²) < 4.78 is 0. The van der Waals surface area contributed by atoms with Gasteiger partial charge in [0.15, 0.2) is 0 Å². The van der Waals surface area contributed by atoms with Crippen molar-refractivity contribution in [2.45, 2.75) is 12.8 Å². The molecule has 3 rings (SSSR count). The van der Waals surface area contributed by atoms with Crippen LogP contribution in [0.3, 0.4) is 0 Å². The Morgan fingerprint density at radius 2 is 1.48 bits per heavy atom. The highest BCUT2D eigenvalue weighted by Crippen LogP contribution is 2.23. The first-order chi connectivity index (χ1) is 11.0. The van der Waals surface area contributed by atoms with Crippen LogP contribution in [0.25, 0.3) is 10.8 Å². The molecule has 0 heterocycles. The summed E-state index contributed by atoms with van der Waals surface area (Å²) >= 11 is 5.89. The Kier molecular flexibility index (Phi) is 4.22. The second-order valence-electron chi connectivity index (χ2n) is 5.49. The predicted molar refractivity (Wildman–Crippen MR) is 91.4 cm³/mol. The van der Waals surface area contributed by atoms with Crippen LogP contribution in [0, 0.1) is 0 Å². The van der Waals surface area contributed by atoms with Gasteiger partial charge in [0.2, 0.25) is 0 Å². The lowest BCUT2D eigenvalue weighted by Gasteiger charge is -2.07. The van der Waals surface area contributed by atoms with E-state index in [1.807, 2.05) is 24.3 Å². The molecule has 2 N–H and O–H groups in total. The molecule has 0 saturated heterocycles. The molecule has 3 aromatic rings. The van der Waals surface area contributed by atoms with Gasteiger partial charge in [-0.25, -0.2) is 4.79 Å². The van der Waals surface area contributed by atoms with E-state index < -0.39 is 5.97 Å². The lowest BCUT2D eigenvalue weighted by Crippen LogP contribution is -2.00. The van der Waals surface area contributed by atoms with Crippen LogP contribution in [-0.2, 0) is 12.8 Å². The molecule has 3 nitrogen and oxygen atoms in total. The normalized spacial score (nSPS) is 10.8. The minimum atomic E-state index is -1.01. The molecule has 3 aromatic carbocycles. The number of aromatic carboxylic acids is 1. The quantitative estimate of drug-likeness (QED) is 0.731. The fourth-order valence-corrected chi connectivity index (χ4v) is 2.82. The van der Waals surface area contributed by atoms with E-state index in [4.69, 9.17) is 16.7 Å². The van der Waals surface area contributed by atoms with Crippen molar-refractivity contribution in [3.63, 3.8) is 0 Å². The van der Waals surface area contributed by atoms with Gasteiger partial charge in [0.05, 0.1) is 10.6 Å². The second kappa shape index (κ2) is 6.31. The fraction of sp³-hybridized carbons (Fsp3) is 0.105. The maximum absolute atomic E-state index is 11.1. The molecule has 116 valence electrons. The summed E-state index contributed by atoms with van der Waals surface area (Å²) in [6, 6.07) is 16.5. The number of hydrogen-bond donors (Lipinski definition) is 2. The van der Waals surface area contributed by atoms with Gasteiger partial charge in [-0.3, -0.25) is 0 Å². The molecule has 0 atom stereocenters. The topological polar surface area (TPSA) is 57.5 Å². The van der Waals surface area contributed by atoms with E-state index in [1.165, 1.54) is 0 Å². The maximum Gasteiger partial charge on any atom is 0.337 e. The van der Waals surface area contributed by atoms with E-state index in [0.29, 0.717) is 0 Å². The molecule has 0 amide bonds. The molecule has 0 aliphatic carbocycles. The third-order valence-corrected chi connectivity index (χ3v) is 4.18. The zero-order valence-electron chi connectivity index (χ0n) is 12.3. The van der Waals surface area contributed by atoms with E-state index in [0.717, 1.165) is 34.7 Å². The number of fused-ring (bicyclic) bond motifs is 1. The van der Waals surface area contributed by atoms with Crippen molar-refractivity contribution in [1.29, 1.82) is 0 Å². The Bertz CT molecular complexity index is 887. The van der Waals surface area contributed by atoms with Crippen LogP contribution in [0.5, 0.6) is 5.75 Å². The Labute approximate surface area is 138 Å². The minimum Gasteiger partial charge on any atom is -0.508 e. The molecule has 4 heteroatoms. The molecule has 23 heavy (non-hydrogen) atoms. The van der Waals surface area contributed by atoms with Gasteiger partial charge in [-0.1, -0.05) is 41.9 Å². The number of benzene rings is 3. The van der Waals surface area contributed by atoms with Gasteiger partial charge in [-0.15, -0.1) is 0 Å². The minimum absolute atomic E-state index is 0.137. The summed E-state index contributed by atoms with van der Waals surface area (Å²) in [6.07, 6.45) is 1.54. The number of phenols is 1. The molecule has 0 aromatic heterocycles. The Balaban J connectivity index is 1.79. The van der Waals surface area contributed by atoms with E-state index in [1.54, 1.807) is 24.3 Å². The SMILES string of the molecule is O=C(O)c1cc(CCc2ccc3cc(O)ccc3c2)ccc1Cl. The van der Waals surface area contributed by atoms with Crippen LogP contribution < -0.4 is 0 Å². The van der Waals surface area contributed by atoms with E-state index in [9.17, 15) is 9.90 Å². The maximum atomic E-state index is 11.1. The third kappa shape index (κ3) is 3.46. The van der Waals surface area contributed by atoms with Crippen LogP contribution in [0.15, 0.2) is 54.6 Å². The standard InChI is InChI=1S/C19H15ClO3/c20-18-8-4-13(10-17(18)19(22)23)2-1-12-3-5-15-11-16(21)7-6-14(15)9-12/h3-11,21H,1-2H2,(H,22,23). The lowest BCUT2D eigenvalue weighted by atomic mass is 10.00. The van der Waals surface area contributed by atoms with Crippen molar-refractivity contribution >= 4 is 28.3 Å². The molecule has 0 fully saturated rings. The lowest BCUT2D eigenvalue weighted by molar-refractivity contribution is 0.0697. The van der Waals surface area contributed by atoms with Crippen molar-refractivity contribution in [3.8, 4) is 5.75 Å². The van der Waals surface area contributed by atoms with Crippen LogP contribution in [-0.4, -0.2) is 16.2 Å². The van der Waals surface area contributed by atoms with E-state index in [2.05, 4.69) is 6.07 Å². The van der Waals surface area contributed by atoms with Gasteiger partial charge >= 0.3 is 5.97 Å². The van der Waals surface area contributed by atoms with Crippen molar-refractivity contribution in [2.24, 2.45) is 0 Å². The van der Waals surface area contributed by atoms with Gasteiger partial charge in [0.1, 0.15) is 5.75 Å². The molecule has 0 radical (unpaired) electrons. The van der Waals surface area contributed by atoms with Crippen molar-refractivity contribution in [1.82, 2.24) is 0 Å². The summed E-state index contributed by atoms with van der Waals surface area (Å²) in [5.41, 5.74) is 2.24. The Morgan fingerprint density at radius 3 is 2.22 bits per heavy atom.